The Balaban J connectivity index is 1.61. The number of carbonyl (C=O) groups excluding carboxylic acids is 4. The molecule has 3 rings (SSSR count). The third-order valence-corrected chi connectivity index (χ3v) is 4.63. The van der Waals surface area contributed by atoms with E-state index in [0.29, 0.717) is 30.8 Å². The highest BCUT2D eigenvalue weighted by atomic mass is 16.2. The van der Waals surface area contributed by atoms with E-state index >= 15 is 0 Å². The molecule has 28 heavy (non-hydrogen) atoms. The molecule has 0 spiro atoms. The van der Waals surface area contributed by atoms with Gasteiger partial charge in [0, 0.05) is 31.7 Å². The van der Waals surface area contributed by atoms with Crippen molar-refractivity contribution in [2.45, 2.75) is 12.8 Å². The molecular formula is C21H21N3O4. The van der Waals surface area contributed by atoms with E-state index in [9.17, 15) is 19.2 Å². The Morgan fingerprint density at radius 2 is 1.68 bits per heavy atom. The average molecular weight is 379 g/mol. The topological polar surface area (TPSA) is 86.8 Å². The minimum atomic E-state index is -0.843. The van der Waals surface area contributed by atoms with Crippen molar-refractivity contribution >= 4 is 29.8 Å². The molecule has 1 heterocycles. The monoisotopic (exact) mass is 379 g/mol. The van der Waals surface area contributed by atoms with Crippen LogP contribution in [0, 0.1) is 0 Å². The van der Waals surface area contributed by atoms with Crippen molar-refractivity contribution in [2.75, 3.05) is 25.0 Å². The molecule has 4 amide bonds. The second kappa shape index (κ2) is 8.94. The van der Waals surface area contributed by atoms with E-state index < -0.39 is 17.8 Å². The molecule has 0 aromatic heterocycles. The highest BCUT2D eigenvalue weighted by molar-refractivity contribution is 6.38. The van der Waals surface area contributed by atoms with Gasteiger partial charge in [-0.1, -0.05) is 48.5 Å². The summed E-state index contributed by atoms with van der Waals surface area (Å²) in [4.78, 5) is 50.5. The second-order valence-electron chi connectivity index (χ2n) is 6.44. The number of aldehydes is 1. The molecule has 7 heteroatoms. The maximum Gasteiger partial charge on any atom is 0.329 e. The van der Waals surface area contributed by atoms with E-state index in [4.69, 9.17) is 0 Å². The number of imide groups is 1. The first-order chi connectivity index (χ1) is 13.6. The molecule has 1 fully saturated rings. The summed E-state index contributed by atoms with van der Waals surface area (Å²) in [5.74, 6) is -1.52. The van der Waals surface area contributed by atoms with Crippen LogP contribution in [-0.2, 0) is 27.2 Å². The fourth-order valence-corrected chi connectivity index (χ4v) is 3.08. The van der Waals surface area contributed by atoms with Gasteiger partial charge in [0.25, 0.3) is 0 Å². The Labute approximate surface area is 162 Å². The summed E-state index contributed by atoms with van der Waals surface area (Å²) in [5.41, 5.74) is 2.17. The molecule has 144 valence electrons. The normalized spacial score (nSPS) is 14.1. The first-order valence-corrected chi connectivity index (χ1v) is 9.07. The van der Waals surface area contributed by atoms with Crippen molar-refractivity contribution in [3.63, 3.8) is 0 Å². The summed E-state index contributed by atoms with van der Waals surface area (Å²) >= 11 is 0. The maximum absolute atomic E-state index is 12.5. The van der Waals surface area contributed by atoms with E-state index in [2.05, 4.69) is 5.32 Å². The zero-order chi connectivity index (χ0) is 19.9. The Hall–Kier alpha value is -3.48. The fraction of sp³-hybridized carbons (Fsp3) is 0.238. The lowest BCUT2D eigenvalue weighted by Gasteiger charge is -2.32. The lowest BCUT2D eigenvalue weighted by molar-refractivity contribution is -0.153. The van der Waals surface area contributed by atoms with Crippen LogP contribution in [0.5, 0.6) is 0 Å². The van der Waals surface area contributed by atoms with Crippen LogP contribution in [-0.4, -0.2) is 53.6 Å². The van der Waals surface area contributed by atoms with Gasteiger partial charge in [0.1, 0.15) is 6.29 Å². The van der Waals surface area contributed by atoms with Gasteiger partial charge < -0.3 is 15.0 Å². The molecule has 7 nitrogen and oxygen atoms in total. The van der Waals surface area contributed by atoms with Crippen molar-refractivity contribution in [1.29, 1.82) is 0 Å². The molecule has 0 unspecified atom stereocenters. The van der Waals surface area contributed by atoms with Crippen LogP contribution in [0.1, 0.15) is 11.1 Å². The number of carbonyl (C=O) groups is 4. The molecule has 1 aliphatic heterocycles. The molecule has 0 aliphatic carbocycles. The van der Waals surface area contributed by atoms with Crippen LogP contribution in [0.2, 0.25) is 0 Å². The molecule has 0 atom stereocenters. The number of amides is 4. The smallest absolute Gasteiger partial charge is 0.329 e. The standard InChI is InChI=1S/C21H21N3O4/c25-15-11-17-8-4-5-9-18(17)22-21(28)24-14-13-23(19(26)20(24)27)12-10-16-6-2-1-3-7-16/h1-9,15H,10-14H2,(H,22,28). The zero-order valence-electron chi connectivity index (χ0n) is 15.3. The number of para-hydroxylation sites is 1. The number of hydrogen-bond acceptors (Lipinski definition) is 4. The van der Waals surface area contributed by atoms with Crippen molar-refractivity contribution in [3.05, 3.63) is 65.7 Å². The van der Waals surface area contributed by atoms with Gasteiger partial charge in [-0.25, -0.2) is 4.79 Å². The highest BCUT2D eigenvalue weighted by Gasteiger charge is 2.36. The predicted molar refractivity (Wildman–Crippen MR) is 104 cm³/mol. The van der Waals surface area contributed by atoms with Crippen LogP contribution in [0.3, 0.4) is 0 Å². The Kier molecular flexibility index (Phi) is 6.16. The number of nitrogens with zero attached hydrogens (tertiary/aromatic N) is 2. The van der Waals surface area contributed by atoms with Gasteiger partial charge in [0.15, 0.2) is 0 Å². The van der Waals surface area contributed by atoms with Crippen LogP contribution < -0.4 is 5.32 Å². The second-order valence-corrected chi connectivity index (χ2v) is 6.44. The van der Waals surface area contributed by atoms with Crippen molar-refractivity contribution in [3.8, 4) is 0 Å². The van der Waals surface area contributed by atoms with E-state index in [1.54, 1.807) is 24.3 Å². The van der Waals surface area contributed by atoms with Crippen molar-refractivity contribution in [2.24, 2.45) is 0 Å². The van der Waals surface area contributed by atoms with Crippen LogP contribution in [0.15, 0.2) is 54.6 Å². The van der Waals surface area contributed by atoms with Gasteiger partial charge >= 0.3 is 17.8 Å². The first-order valence-electron chi connectivity index (χ1n) is 9.07. The number of piperazine rings is 1. The minimum Gasteiger partial charge on any atom is -0.332 e. The number of benzene rings is 2. The molecule has 1 saturated heterocycles. The summed E-state index contributed by atoms with van der Waals surface area (Å²) in [6, 6.07) is 15.9. The molecule has 0 saturated carbocycles. The minimum absolute atomic E-state index is 0.126. The highest BCUT2D eigenvalue weighted by Crippen LogP contribution is 2.17. The lowest BCUT2D eigenvalue weighted by Crippen LogP contribution is -2.57. The van der Waals surface area contributed by atoms with Gasteiger partial charge in [-0.15, -0.1) is 0 Å². The summed E-state index contributed by atoms with van der Waals surface area (Å²) in [6.45, 7) is 0.841. The third kappa shape index (κ3) is 4.43. The molecule has 1 N–H and O–H groups in total. The molecule has 0 radical (unpaired) electrons. The Morgan fingerprint density at radius 1 is 0.964 bits per heavy atom. The number of hydrogen-bond donors (Lipinski definition) is 1. The molecule has 0 bridgehead atoms. The fourth-order valence-electron chi connectivity index (χ4n) is 3.08. The van der Waals surface area contributed by atoms with Crippen molar-refractivity contribution in [1.82, 2.24) is 9.80 Å². The molecular weight excluding hydrogens is 358 g/mol. The van der Waals surface area contributed by atoms with Gasteiger partial charge in [-0.2, -0.15) is 0 Å². The van der Waals surface area contributed by atoms with Crippen LogP contribution in [0.4, 0.5) is 10.5 Å². The quantitative estimate of drug-likeness (QED) is 0.613. The molecule has 2 aromatic rings. The number of anilines is 1. The number of nitrogens with one attached hydrogen (secondary N) is 1. The summed E-state index contributed by atoms with van der Waals surface area (Å²) in [5, 5.41) is 2.63. The Morgan fingerprint density at radius 3 is 2.43 bits per heavy atom. The SMILES string of the molecule is O=CCc1ccccc1NC(=O)N1CCN(CCc2ccccc2)C(=O)C1=O. The first kappa shape index (κ1) is 19.3. The van der Waals surface area contributed by atoms with Crippen LogP contribution >= 0.6 is 0 Å². The zero-order valence-corrected chi connectivity index (χ0v) is 15.3. The van der Waals surface area contributed by atoms with E-state index in [-0.39, 0.29) is 13.0 Å². The third-order valence-electron chi connectivity index (χ3n) is 4.63. The number of rotatable bonds is 6. The van der Waals surface area contributed by atoms with E-state index in [1.165, 1.54) is 4.90 Å². The van der Waals surface area contributed by atoms with Gasteiger partial charge in [-0.3, -0.25) is 14.5 Å². The average Bonchev–Trinajstić information content (AvgIpc) is 2.71. The van der Waals surface area contributed by atoms with Gasteiger partial charge in [-0.05, 0) is 23.6 Å². The van der Waals surface area contributed by atoms with E-state index in [0.717, 1.165) is 16.7 Å². The van der Waals surface area contributed by atoms with Crippen LogP contribution in [0.25, 0.3) is 0 Å². The predicted octanol–water partition coefficient (Wildman–Crippen LogP) is 1.87. The summed E-state index contributed by atoms with van der Waals surface area (Å²) in [7, 11) is 0. The van der Waals surface area contributed by atoms with E-state index in [1.807, 2.05) is 30.3 Å². The molecule has 2 aromatic carbocycles. The van der Waals surface area contributed by atoms with Crippen molar-refractivity contribution < 1.29 is 19.2 Å². The Bertz CT molecular complexity index is 882. The number of urea groups is 1. The van der Waals surface area contributed by atoms with Gasteiger partial charge in [0.05, 0.1) is 0 Å². The lowest BCUT2D eigenvalue weighted by atomic mass is 10.1. The summed E-state index contributed by atoms with van der Waals surface area (Å²) in [6.07, 6.45) is 1.53. The van der Waals surface area contributed by atoms with Gasteiger partial charge in [0.2, 0.25) is 0 Å². The summed E-state index contributed by atoms with van der Waals surface area (Å²) < 4.78 is 0. The maximum atomic E-state index is 12.5. The molecule has 1 aliphatic rings. The largest absolute Gasteiger partial charge is 0.332 e.